The minimum atomic E-state index is -0.989. The first-order chi connectivity index (χ1) is 8.95. The van der Waals surface area contributed by atoms with Crippen molar-refractivity contribution in [1.82, 2.24) is 0 Å². The highest BCUT2D eigenvalue weighted by atomic mass is 16.4. The maximum atomic E-state index is 12.0. The second-order valence-electron chi connectivity index (χ2n) is 4.10. The Bertz CT molecular complexity index is 522. The lowest BCUT2D eigenvalue weighted by atomic mass is 10.1. The van der Waals surface area contributed by atoms with Gasteiger partial charge in [0.25, 0.3) is 0 Å². The number of nitrogens with two attached hydrogens (primary N) is 1. The summed E-state index contributed by atoms with van der Waals surface area (Å²) in [5.74, 6) is -1.37. The van der Waals surface area contributed by atoms with Crippen LogP contribution in [0.4, 0.5) is 5.69 Å². The average Bonchev–Trinajstić information content (AvgIpc) is 2.43. The molecule has 1 rings (SSSR count). The zero-order valence-corrected chi connectivity index (χ0v) is 10.5. The molecular formula is C13H15N3O3. The molecule has 0 aliphatic heterocycles. The van der Waals surface area contributed by atoms with Crippen molar-refractivity contribution in [3.05, 3.63) is 29.8 Å². The van der Waals surface area contributed by atoms with Gasteiger partial charge in [0.1, 0.15) is 0 Å². The molecule has 0 spiro atoms. The van der Waals surface area contributed by atoms with Gasteiger partial charge in [-0.05, 0) is 24.6 Å². The Labute approximate surface area is 111 Å². The first kappa shape index (κ1) is 14.7. The van der Waals surface area contributed by atoms with Crippen LogP contribution in [0.2, 0.25) is 0 Å². The normalized spacial score (nSPS) is 11.4. The van der Waals surface area contributed by atoms with Crippen LogP contribution in [0.1, 0.15) is 18.4 Å². The van der Waals surface area contributed by atoms with E-state index in [0.717, 1.165) is 0 Å². The van der Waals surface area contributed by atoms with Crippen LogP contribution in [0.25, 0.3) is 0 Å². The summed E-state index contributed by atoms with van der Waals surface area (Å²) >= 11 is 0. The quantitative estimate of drug-likeness (QED) is 0.811. The van der Waals surface area contributed by atoms with Crippen molar-refractivity contribution < 1.29 is 14.7 Å². The standard InChI is InChI=1S/C13H15N3O3/c1-16(10-4-2-3-9(7-10)8-14)13(19)11(15)5-6-12(17)18/h2-4,7,11H,5-6,15H2,1H3,(H,17,18). The third kappa shape index (κ3) is 4.08. The van der Waals surface area contributed by atoms with Gasteiger partial charge in [-0.3, -0.25) is 9.59 Å². The summed E-state index contributed by atoms with van der Waals surface area (Å²) in [7, 11) is 1.54. The number of hydrogen-bond donors (Lipinski definition) is 2. The smallest absolute Gasteiger partial charge is 0.303 e. The number of nitrogens with zero attached hydrogens (tertiary/aromatic N) is 2. The number of rotatable bonds is 5. The fourth-order valence-corrected chi connectivity index (χ4v) is 1.56. The van der Waals surface area contributed by atoms with Crippen molar-refractivity contribution in [1.29, 1.82) is 5.26 Å². The van der Waals surface area contributed by atoms with Crippen LogP contribution in [-0.4, -0.2) is 30.1 Å². The molecule has 0 aromatic heterocycles. The molecule has 100 valence electrons. The second kappa shape index (κ2) is 6.52. The molecule has 0 saturated heterocycles. The summed E-state index contributed by atoms with van der Waals surface area (Å²) < 4.78 is 0. The van der Waals surface area contributed by atoms with E-state index in [1.54, 1.807) is 31.3 Å². The zero-order chi connectivity index (χ0) is 14.4. The number of amides is 1. The molecule has 0 aliphatic carbocycles. The van der Waals surface area contributed by atoms with Crippen molar-refractivity contribution in [3.63, 3.8) is 0 Å². The number of anilines is 1. The number of carboxylic acid groups (broad SMARTS) is 1. The van der Waals surface area contributed by atoms with Gasteiger partial charge in [-0.25, -0.2) is 0 Å². The number of hydrogen-bond acceptors (Lipinski definition) is 4. The number of carboxylic acids is 1. The summed E-state index contributed by atoms with van der Waals surface area (Å²) in [4.78, 5) is 23.7. The number of likely N-dealkylation sites (N-methyl/N-ethyl adjacent to an activating group) is 1. The number of carbonyl (C=O) groups is 2. The molecule has 0 heterocycles. The van der Waals surface area contributed by atoms with E-state index in [1.165, 1.54) is 4.90 Å². The Morgan fingerprint density at radius 3 is 2.79 bits per heavy atom. The Hall–Kier alpha value is -2.39. The minimum absolute atomic E-state index is 0.0798. The average molecular weight is 261 g/mol. The molecule has 3 N–H and O–H groups in total. The summed E-state index contributed by atoms with van der Waals surface area (Å²) in [6, 6.07) is 7.67. The minimum Gasteiger partial charge on any atom is -0.481 e. The first-order valence-corrected chi connectivity index (χ1v) is 5.71. The van der Waals surface area contributed by atoms with E-state index < -0.39 is 12.0 Å². The van der Waals surface area contributed by atoms with Crippen molar-refractivity contribution in [2.45, 2.75) is 18.9 Å². The number of aliphatic carboxylic acids is 1. The van der Waals surface area contributed by atoms with Crippen LogP contribution in [-0.2, 0) is 9.59 Å². The summed E-state index contributed by atoms with van der Waals surface area (Å²) in [5, 5.41) is 17.3. The van der Waals surface area contributed by atoms with Crippen LogP contribution < -0.4 is 10.6 Å². The van der Waals surface area contributed by atoms with Crippen LogP contribution in [0.5, 0.6) is 0 Å². The first-order valence-electron chi connectivity index (χ1n) is 5.71. The Morgan fingerprint density at radius 2 is 2.21 bits per heavy atom. The Morgan fingerprint density at radius 1 is 1.53 bits per heavy atom. The van der Waals surface area contributed by atoms with E-state index in [-0.39, 0.29) is 18.7 Å². The molecule has 0 bridgehead atoms. The van der Waals surface area contributed by atoms with Crippen LogP contribution in [0.15, 0.2) is 24.3 Å². The monoisotopic (exact) mass is 261 g/mol. The molecule has 0 radical (unpaired) electrons. The molecule has 0 saturated carbocycles. The molecule has 1 aromatic carbocycles. The van der Waals surface area contributed by atoms with E-state index in [0.29, 0.717) is 11.3 Å². The van der Waals surface area contributed by atoms with Gasteiger partial charge in [-0.2, -0.15) is 5.26 Å². The van der Waals surface area contributed by atoms with Gasteiger partial charge in [0, 0.05) is 19.2 Å². The van der Waals surface area contributed by atoms with Crippen molar-refractivity contribution in [2.75, 3.05) is 11.9 Å². The molecule has 19 heavy (non-hydrogen) atoms. The predicted molar refractivity (Wildman–Crippen MR) is 69.4 cm³/mol. The maximum Gasteiger partial charge on any atom is 0.303 e. The number of carbonyl (C=O) groups excluding carboxylic acids is 1. The highest BCUT2D eigenvalue weighted by molar-refractivity contribution is 5.96. The van der Waals surface area contributed by atoms with Crippen molar-refractivity contribution in [2.24, 2.45) is 5.73 Å². The zero-order valence-electron chi connectivity index (χ0n) is 10.5. The largest absolute Gasteiger partial charge is 0.481 e. The van der Waals surface area contributed by atoms with Crippen LogP contribution >= 0.6 is 0 Å². The molecule has 6 heteroatoms. The van der Waals surface area contributed by atoms with Crippen LogP contribution in [0, 0.1) is 11.3 Å². The lowest BCUT2D eigenvalue weighted by molar-refractivity contribution is -0.137. The highest BCUT2D eigenvalue weighted by Crippen LogP contribution is 2.15. The van der Waals surface area contributed by atoms with E-state index in [4.69, 9.17) is 16.1 Å². The molecule has 1 amide bonds. The molecule has 1 unspecified atom stereocenters. The fourth-order valence-electron chi connectivity index (χ4n) is 1.56. The molecule has 0 aliphatic rings. The van der Waals surface area contributed by atoms with Crippen LogP contribution in [0.3, 0.4) is 0 Å². The molecular weight excluding hydrogens is 246 g/mol. The predicted octanol–water partition coefficient (Wildman–Crippen LogP) is 0.713. The number of benzene rings is 1. The van der Waals surface area contributed by atoms with Crippen molar-refractivity contribution in [3.8, 4) is 6.07 Å². The fraction of sp³-hybridized carbons (Fsp3) is 0.308. The second-order valence-corrected chi connectivity index (χ2v) is 4.10. The van der Waals surface area contributed by atoms with Gasteiger partial charge < -0.3 is 15.7 Å². The van der Waals surface area contributed by atoms with Gasteiger partial charge in [-0.15, -0.1) is 0 Å². The lowest BCUT2D eigenvalue weighted by Crippen LogP contribution is -2.42. The SMILES string of the molecule is CN(C(=O)C(N)CCC(=O)O)c1cccc(C#N)c1. The third-order valence-electron chi connectivity index (χ3n) is 2.68. The Kier molecular flexibility index (Phi) is 5.03. The topological polar surface area (TPSA) is 107 Å². The van der Waals surface area contributed by atoms with Gasteiger partial charge in [-0.1, -0.05) is 6.07 Å². The van der Waals surface area contributed by atoms with Crippen molar-refractivity contribution >= 4 is 17.6 Å². The highest BCUT2D eigenvalue weighted by Gasteiger charge is 2.20. The number of nitriles is 1. The van der Waals surface area contributed by atoms with E-state index in [2.05, 4.69) is 0 Å². The molecule has 1 aromatic rings. The molecule has 6 nitrogen and oxygen atoms in total. The Balaban J connectivity index is 2.75. The van der Waals surface area contributed by atoms with Gasteiger partial charge >= 0.3 is 5.97 Å². The lowest BCUT2D eigenvalue weighted by Gasteiger charge is -2.21. The van der Waals surface area contributed by atoms with Gasteiger partial charge in [0.2, 0.25) is 5.91 Å². The van der Waals surface area contributed by atoms with E-state index in [9.17, 15) is 9.59 Å². The summed E-state index contributed by atoms with van der Waals surface area (Å²) in [5.41, 5.74) is 6.65. The molecule has 1 atom stereocenters. The summed E-state index contributed by atoms with van der Waals surface area (Å²) in [6.45, 7) is 0. The third-order valence-corrected chi connectivity index (χ3v) is 2.68. The van der Waals surface area contributed by atoms with Gasteiger partial charge in [0.05, 0.1) is 17.7 Å². The maximum absolute atomic E-state index is 12.0. The van der Waals surface area contributed by atoms with E-state index >= 15 is 0 Å². The van der Waals surface area contributed by atoms with Gasteiger partial charge in [0.15, 0.2) is 0 Å². The summed E-state index contributed by atoms with van der Waals surface area (Å²) in [6.07, 6.45) is -0.0740. The molecule has 0 fully saturated rings. The van der Waals surface area contributed by atoms with E-state index in [1.807, 2.05) is 6.07 Å².